The fourth-order valence-electron chi connectivity index (χ4n) is 3.84. The molecule has 0 aliphatic heterocycles. The van der Waals surface area contributed by atoms with Crippen molar-refractivity contribution in [3.8, 4) is 5.75 Å². The van der Waals surface area contributed by atoms with Crippen molar-refractivity contribution in [1.82, 2.24) is 0 Å². The van der Waals surface area contributed by atoms with Crippen LogP contribution in [0.4, 0.5) is 0 Å². The van der Waals surface area contributed by atoms with E-state index in [9.17, 15) is 5.11 Å². The Balaban J connectivity index is 2.44. The van der Waals surface area contributed by atoms with Crippen LogP contribution in [-0.2, 0) is 6.42 Å². The molecule has 0 saturated heterocycles. The molecule has 1 aromatic carbocycles. The largest absolute Gasteiger partial charge is 0.508 e. The maximum absolute atomic E-state index is 9.46. The van der Waals surface area contributed by atoms with Crippen molar-refractivity contribution in [3.63, 3.8) is 0 Å². The van der Waals surface area contributed by atoms with Crippen LogP contribution < -0.4 is 0 Å². The van der Waals surface area contributed by atoms with Crippen molar-refractivity contribution in [2.24, 2.45) is 11.8 Å². The van der Waals surface area contributed by atoms with Crippen LogP contribution in [0.25, 0.3) is 0 Å². The maximum atomic E-state index is 9.46. The van der Waals surface area contributed by atoms with Gasteiger partial charge in [0, 0.05) is 0 Å². The summed E-state index contributed by atoms with van der Waals surface area (Å²) in [6, 6.07) is 7.84. The van der Waals surface area contributed by atoms with Crippen LogP contribution in [-0.4, -0.2) is 5.11 Å². The van der Waals surface area contributed by atoms with E-state index in [1.807, 2.05) is 12.1 Å². The van der Waals surface area contributed by atoms with Gasteiger partial charge in [-0.05, 0) is 36.0 Å². The van der Waals surface area contributed by atoms with E-state index in [2.05, 4.69) is 32.9 Å². The molecule has 1 heteroatoms. The van der Waals surface area contributed by atoms with E-state index in [1.165, 1.54) is 82.6 Å². The van der Waals surface area contributed by atoms with Gasteiger partial charge in [-0.2, -0.15) is 0 Å². The maximum Gasteiger partial charge on any atom is 0.115 e. The molecule has 0 fully saturated rings. The van der Waals surface area contributed by atoms with E-state index >= 15 is 0 Å². The van der Waals surface area contributed by atoms with E-state index in [0.29, 0.717) is 5.75 Å². The molecular formula is C23H40O. The monoisotopic (exact) mass is 332 g/mol. The van der Waals surface area contributed by atoms with Crippen LogP contribution in [0.3, 0.4) is 0 Å². The summed E-state index contributed by atoms with van der Waals surface area (Å²) < 4.78 is 0. The zero-order valence-corrected chi connectivity index (χ0v) is 16.4. The molecule has 138 valence electrons. The number of benzene rings is 1. The molecule has 0 amide bonds. The van der Waals surface area contributed by atoms with Gasteiger partial charge in [-0.1, -0.05) is 104 Å². The summed E-state index contributed by atoms with van der Waals surface area (Å²) in [4.78, 5) is 0. The summed E-state index contributed by atoms with van der Waals surface area (Å²) >= 11 is 0. The first kappa shape index (κ1) is 21.1. The Labute approximate surface area is 150 Å². The minimum Gasteiger partial charge on any atom is -0.508 e. The van der Waals surface area contributed by atoms with Crippen molar-refractivity contribution in [1.29, 1.82) is 0 Å². The molecule has 0 radical (unpaired) electrons. The molecule has 0 saturated carbocycles. The number of hydrogen-bond acceptors (Lipinski definition) is 1. The predicted molar refractivity (Wildman–Crippen MR) is 107 cm³/mol. The summed E-state index contributed by atoms with van der Waals surface area (Å²) in [5.74, 6) is 2.14. The smallest absolute Gasteiger partial charge is 0.115 e. The lowest BCUT2D eigenvalue weighted by atomic mass is 9.86. The zero-order valence-electron chi connectivity index (χ0n) is 16.4. The number of phenols is 1. The fraction of sp³-hybridized carbons (Fsp3) is 0.739. The standard InChI is InChI=1S/C23H40O/c1-4-7-11-20(10-6-3)13-9-14-21(12-8-5-2)19-22-15-17-23(24)18-16-22/h15-18,20-21,24H,4-14,19H2,1-3H3. The van der Waals surface area contributed by atoms with Gasteiger partial charge >= 0.3 is 0 Å². The number of phenolic OH excluding ortho intramolecular Hbond substituents is 1. The van der Waals surface area contributed by atoms with Gasteiger partial charge in [-0.15, -0.1) is 0 Å². The molecule has 2 atom stereocenters. The molecule has 24 heavy (non-hydrogen) atoms. The van der Waals surface area contributed by atoms with Gasteiger partial charge in [-0.25, -0.2) is 0 Å². The first-order valence-corrected chi connectivity index (χ1v) is 10.5. The van der Waals surface area contributed by atoms with Crippen molar-refractivity contribution in [2.45, 2.75) is 97.8 Å². The van der Waals surface area contributed by atoms with Crippen LogP contribution in [0.1, 0.15) is 97.0 Å². The van der Waals surface area contributed by atoms with Gasteiger partial charge in [0.05, 0.1) is 0 Å². The molecule has 0 heterocycles. The molecule has 0 spiro atoms. The van der Waals surface area contributed by atoms with Gasteiger partial charge in [0.2, 0.25) is 0 Å². The van der Waals surface area contributed by atoms with Crippen molar-refractivity contribution < 1.29 is 5.11 Å². The van der Waals surface area contributed by atoms with Crippen LogP contribution in [0, 0.1) is 11.8 Å². The molecule has 0 bridgehead atoms. The Morgan fingerprint density at radius 3 is 1.79 bits per heavy atom. The molecule has 1 nitrogen and oxygen atoms in total. The average Bonchev–Trinajstić information content (AvgIpc) is 2.59. The average molecular weight is 333 g/mol. The lowest BCUT2D eigenvalue weighted by Gasteiger charge is -2.20. The van der Waals surface area contributed by atoms with Gasteiger partial charge in [-0.3, -0.25) is 0 Å². The minimum atomic E-state index is 0.377. The Morgan fingerprint density at radius 2 is 1.21 bits per heavy atom. The first-order chi connectivity index (χ1) is 11.7. The zero-order chi connectivity index (χ0) is 17.6. The minimum absolute atomic E-state index is 0.377. The highest BCUT2D eigenvalue weighted by Crippen LogP contribution is 2.26. The van der Waals surface area contributed by atoms with Crippen molar-refractivity contribution >= 4 is 0 Å². The quantitative estimate of drug-likeness (QED) is 0.373. The first-order valence-electron chi connectivity index (χ1n) is 10.5. The number of hydrogen-bond donors (Lipinski definition) is 1. The molecule has 1 aromatic rings. The Hall–Kier alpha value is -0.980. The SMILES string of the molecule is CCCCC(CCC)CCCC(CCCC)Cc1ccc(O)cc1. The fourth-order valence-corrected chi connectivity index (χ4v) is 3.84. The summed E-state index contributed by atoms with van der Waals surface area (Å²) in [6.07, 6.45) is 16.3. The highest BCUT2D eigenvalue weighted by molar-refractivity contribution is 5.26. The van der Waals surface area contributed by atoms with Gasteiger partial charge in [0.1, 0.15) is 5.75 Å². The number of rotatable bonds is 14. The van der Waals surface area contributed by atoms with Crippen LogP contribution in [0.5, 0.6) is 5.75 Å². The summed E-state index contributed by atoms with van der Waals surface area (Å²) in [7, 11) is 0. The molecule has 0 aliphatic carbocycles. The second-order valence-corrected chi connectivity index (χ2v) is 7.61. The number of aromatic hydroxyl groups is 1. The van der Waals surface area contributed by atoms with Gasteiger partial charge in [0.25, 0.3) is 0 Å². The third-order valence-corrected chi connectivity index (χ3v) is 5.31. The molecule has 0 aliphatic rings. The van der Waals surface area contributed by atoms with Gasteiger partial charge < -0.3 is 5.11 Å². The lowest BCUT2D eigenvalue weighted by molar-refractivity contribution is 0.350. The Bertz CT molecular complexity index is 395. The van der Waals surface area contributed by atoms with E-state index in [1.54, 1.807) is 0 Å². The normalized spacial score (nSPS) is 13.8. The van der Waals surface area contributed by atoms with E-state index in [-0.39, 0.29) is 0 Å². The summed E-state index contributed by atoms with van der Waals surface area (Å²) in [5, 5.41) is 9.46. The predicted octanol–water partition coefficient (Wildman–Crippen LogP) is 7.52. The molecule has 1 rings (SSSR count). The van der Waals surface area contributed by atoms with Gasteiger partial charge in [0.15, 0.2) is 0 Å². The molecule has 1 N–H and O–H groups in total. The van der Waals surface area contributed by atoms with E-state index in [4.69, 9.17) is 0 Å². The molecular weight excluding hydrogens is 292 g/mol. The van der Waals surface area contributed by atoms with Crippen molar-refractivity contribution in [2.75, 3.05) is 0 Å². The molecule has 0 aromatic heterocycles. The third kappa shape index (κ3) is 9.35. The van der Waals surface area contributed by atoms with E-state index < -0.39 is 0 Å². The Kier molecular flexibility index (Phi) is 11.7. The van der Waals surface area contributed by atoms with Crippen LogP contribution in [0.2, 0.25) is 0 Å². The van der Waals surface area contributed by atoms with Crippen molar-refractivity contribution in [3.05, 3.63) is 29.8 Å². The summed E-state index contributed by atoms with van der Waals surface area (Å²) in [6.45, 7) is 6.93. The highest BCUT2D eigenvalue weighted by atomic mass is 16.3. The van der Waals surface area contributed by atoms with E-state index in [0.717, 1.165) is 11.8 Å². The van der Waals surface area contributed by atoms with Crippen LogP contribution >= 0.6 is 0 Å². The second kappa shape index (κ2) is 13.3. The number of unbranched alkanes of at least 4 members (excludes halogenated alkanes) is 2. The van der Waals surface area contributed by atoms with Crippen LogP contribution in [0.15, 0.2) is 24.3 Å². The second-order valence-electron chi connectivity index (χ2n) is 7.61. The third-order valence-electron chi connectivity index (χ3n) is 5.31. The summed E-state index contributed by atoms with van der Waals surface area (Å²) in [5.41, 5.74) is 1.38. The lowest BCUT2D eigenvalue weighted by Crippen LogP contribution is -2.07. The topological polar surface area (TPSA) is 20.2 Å². The molecule has 2 unspecified atom stereocenters. The highest BCUT2D eigenvalue weighted by Gasteiger charge is 2.12. The Morgan fingerprint density at radius 1 is 0.667 bits per heavy atom.